The summed E-state index contributed by atoms with van der Waals surface area (Å²) in [7, 11) is 0. The molecule has 2 heterocycles. The average Bonchev–Trinajstić information content (AvgIpc) is 2.38. The van der Waals surface area contributed by atoms with Gasteiger partial charge in [0.2, 0.25) is 5.91 Å². The van der Waals surface area contributed by atoms with Crippen LogP contribution in [-0.2, 0) is 9.53 Å². The predicted molar refractivity (Wildman–Crippen MR) is 71.4 cm³/mol. The van der Waals surface area contributed by atoms with Gasteiger partial charge in [0.15, 0.2) is 0 Å². The monoisotopic (exact) mass is 254 g/mol. The smallest absolute Gasteiger partial charge is 0.226 e. The largest absolute Gasteiger partial charge is 0.381 e. The molecule has 2 aliphatic heterocycles. The minimum absolute atomic E-state index is 0.174. The van der Waals surface area contributed by atoms with Crippen LogP contribution in [0.4, 0.5) is 0 Å². The molecule has 0 unspecified atom stereocenters. The topological polar surface area (TPSA) is 50.4 Å². The SMILES string of the molecule is CC1(CNC(=O)C2(C)CCNCC2)CCOCC1. The number of nitrogens with one attached hydrogen (secondary N) is 2. The molecular weight excluding hydrogens is 228 g/mol. The molecule has 0 saturated carbocycles. The summed E-state index contributed by atoms with van der Waals surface area (Å²) < 4.78 is 5.39. The van der Waals surface area contributed by atoms with Gasteiger partial charge in [0.1, 0.15) is 0 Å². The Morgan fingerprint density at radius 3 is 2.39 bits per heavy atom. The van der Waals surface area contributed by atoms with E-state index in [0.29, 0.717) is 0 Å². The van der Waals surface area contributed by atoms with Crippen molar-refractivity contribution in [2.75, 3.05) is 32.8 Å². The summed E-state index contributed by atoms with van der Waals surface area (Å²) in [5.41, 5.74) is 0.0456. The lowest BCUT2D eigenvalue weighted by molar-refractivity contribution is -0.132. The first-order valence-electron chi connectivity index (χ1n) is 7.11. The van der Waals surface area contributed by atoms with Crippen LogP contribution >= 0.6 is 0 Å². The Balaban J connectivity index is 1.83. The average molecular weight is 254 g/mol. The number of ether oxygens (including phenoxy) is 1. The van der Waals surface area contributed by atoms with Crippen molar-refractivity contribution in [3.8, 4) is 0 Å². The van der Waals surface area contributed by atoms with Crippen molar-refractivity contribution in [3.05, 3.63) is 0 Å². The van der Waals surface area contributed by atoms with Gasteiger partial charge in [-0.15, -0.1) is 0 Å². The lowest BCUT2D eigenvalue weighted by Crippen LogP contribution is -2.48. The van der Waals surface area contributed by atoms with E-state index in [0.717, 1.165) is 58.5 Å². The Bertz CT molecular complexity index is 292. The molecule has 2 N–H and O–H groups in total. The number of rotatable bonds is 3. The molecule has 4 nitrogen and oxygen atoms in total. The van der Waals surface area contributed by atoms with Gasteiger partial charge in [0, 0.05) is 25.2 Å². The van der Waals surface area contributed by atoms with Gasteiger partial charge in [0.25, 0.3) is 0 Å². The van der Waals surface area contributed by atoms with E-state index in [-0.39, 0.29) is 16.7 Å². The minimum atomic E-state index is -0.174. The van der Waals surface area contributed by atoms with E-state index in [1.54, 1.807) is 0 Å². The van der Waals surface area contributed by atoms with Crippen LogP contribution < -0.4 is 10.6 Å². The van der Waals surface area contributed by atoms with E-state index in [1.165, 1.54) is 0 Å². The molecule has 0 bridgehead atoms. The number of carbonyl (C=O) groups is 1. The maximum absolute atomic E-state index is 12.3. The van der Waals surface area contributed by atoms with Crippen molar-refractivity contribution in [1.82, 2.24) is 10.6 Å². The second kappa shape index (κ2) is 5.57. The number of amides is 1. The maximum atomic E-state index is 12.3. The van der Waals surface area contributed by atoms with Gasteiger partial charge in [-0.3, -0.25) is 4.79 Å². The van der Waals surface area contributed by atoms with Crippen molar-refractivity contribution in [2.45, 2.75) is 39.5 Å². The van der Waals surface area contributed by atoms with Crippen molar-refractivity contribution in [1.29, 1.82) is 0 Å². The lowest BCUT2D eigenvalue weighted by Gasteiger charge is -2.37. The molecule has 0 aromatic carbocycles. The number of hydrogen-bond donors (Lipinski definition) is 2. The standard InChI is InChI=1S/C14H26N2O2/c1-13(5-9-18-10-6-13)11-16-12(17)14(2)3-7-15-8-4-14/h15H,3-11H2,1-2H3,(H,16,17). The van der Waals surface area contributed by atoms with Crippen LogP contribution in [0.2, 0.25) is 0 Å². The fourth-order valence-electron chi connectivity index (χ4n) is 2.75. The third-order valence-corrected chi connectivity index (χ3v) is 4.63. The quantitative estimate of drug-likeness (QED) is 0.798. The van der Waals surface area contributed by atoms with Crippen LogP contribution in [0, 0.1) is 10.8 Å². The van der Waals surface area contributed by atoms with Crippen molar-refractivity contribution in [2.24, 2.45) is 10.8 Å². The zero-order valence-corrected chi connectivity index (χ0v) is 11.7. The number of piperidine rings is 1. The number of hydrogen-bond acceptors (Lipinski definition) is 3. The summed E-state index contributed by atoms with van der Waals surface area (Å²) in [6.07, 6.45) is 3.98. The normalized spacial score (nSPS) is 26.6. The molecule has 4 heteroatoms. The molecule has 2 saturated heterocycles. The summed E-state index contributed by atoms with van der Waals surface area (Å²) in [6, 6.07) is 0. The summed E-state index contributed by atoms with van der Waals surface area (Å²) in [4.78, 5) is 12.3. The van der Waals surface area contributed by atoms with Crippen LogP contribution in [-0.4, -0.2) is 38.8 Å². The fourth-order valence-corrected chi connectivity index (χ4v) is 2.75. The zero-order valence-electron chi connectivity index (χ0n) is 11.7. The van der Waals surface area contributed by atoms with Crippen LogP contribution in [0.5, 0.6) is 0 Å². The molecule has 0 radical (unpaired) electrons. The first-order chi connectivity index (χ1) is 8.54. The first-order valence-corrected chi connectivity index (χ1v) is 7.11. The summed E-state index contributed by atoms with van der Waals surface area (Å²) in [6.45, 7) is 8.69. The van der Waals surface area contributed by atoms with Crippen molar-refractivity contribution >= 4 is 5.91 Å². The van der Waals surface area contributed by atoms with E-state index < -0.39 is 0 Å². The molecule has 0 aromatic heterocycles. The Labute approximate surface area is 110 Å². The van der Waals surface area contributed by atoms with Gasteiger partial charge in [-0.05, 0) is 44.2 Å². The second-order valence-corrected chi connectivity index (χ2v) is 6.42. The maximum Gasteiger partial charge on any atom is 0.226 e. The molecule has 0 atom stereocenters. The van der Waals surface area contributed by atoms with E-state index >= 15 is 0 Å². The third kappa shape index (κ3) is 3.23. The third-order valence-electron chi connectivity index (χ3n) is 4.63. The van der Waals surface area contributed by atoms with Crippen LogP contribution in [0.25, 0.3) is 0 Å². The molecule has 0 aliphatic carbocycles. The van der Waals surface area contributed by atoms with Crippen LogP contribution in [0.3, 0.4) is 0 Å². The summed E-state index contributed by atoms with van der Waals surface area (Å²) in [5, 5.41) is 6.49. The van der Waals surface area contributed by atoms with E-state index in [4.69, 9.17) is 4.74 Å². The Morgan fingerprint density at radius 1 is 1.17 bits per heavy atom. The molecule has 2 fully saturated rings. The molecule has 0 spiro atoms. The highest BCUT2D eigenvalue weighted by atomic mass is 16.5. The highest BCUT2D eigenvalue weighted by molar-refractivity contribution is 5.82. The molecule has 2 aliphatic rings. The zero-order chi connectivity index (χ0) is 13.1. The van der Waals surface area contributed by atoms with E-state index in [2.05, 4.69) is 24.5 Å². The molecule has 1 amide bonds. The van der Waals surface area contributed by atoms with Gasteiger partial charge in [-0.1, -0.05) is 13.8 Å². The molecular formula is C14H26N2O2. The van der Waals surface area contributed by atoms with E-state index in [9.17, 15) is 4.79 Å². The first kappa shape index (κ1) is 13.8. The van der Waals surface area contributed by atoms with Gasteiger partial charge >= 0.3 is 0 Å². The molecule has 104 valence electrons. The van der Waals surface area contributed by atoms with Crippen molar-refractivity contribution < 1.29 is 9.53 Å². The Morgan fingerprint density at radius 2 is 1.78 bits per heavy atom. The minimum Gasteiger partial charge on any atom is -0.381 e. The van der Waals surface area contributed by atoms with Crippen LogP contribution in [0.15, 0.2) is 0 Å². The van der Waals surface area contributed by atoms with Crippen molar-refractivity contribution in [3.63, 3.8) is 0 Å². The summed E-state index contributed by atoms with van der Waals surface area (Å²) in [5.74, 6) is 0.233. The van der Waals surface area contributed by atoms with Gasteiger partial charge in [-0.25, -0.2) is 0 Å². The van der Waals surface area contributed by atoms with E-state index in [1.807, 2.05) is 0 Å². The fraction of sp³-hybridized carbons (Fsp3) is 0.929. The number of carbonyl (C=O) groups excluding carboxylic acids is 1. The molecule has 2 rings (SSSR count). The molecule has 18 heavy (non-hydrogen) atoms. The summed E-state index contributed by atoms with van der Waals surface area (Å²) >= 11 is 0. The molecule has 0 aromatic rings. The highest BCUT2D eigenvalue weighted by Crippen LogP contribution is 2.31. The Hall–Kier alpha value is -0.610. The lowest BCUT2D eigenvalue weighted by atomic mass is 9.78. The van der Waals surface area contributed by atoms with Gasteiger partial charge in [0.05, 0.1) is 0 Å². The van der Waals surface area contributed by atoms with Gasteiger partial charge in [-0.2, -0.15) is 0 Å². The highest BCUT2D eigenvalue weighted by Gasteiger charge is 2.36. The van der Waals surface area contributed by atoms with Crippen LogP contribution in [0.1, 0.15) is 39.5 Å². The second-order valence-electron chi connectivity index (χ2n) is 6.42. The van der Waals surface area contributed by atoms with Gasteiger partial charge < -0.3 is 15.4 Å². The Kier molecular flexibility index (Phi) is 4.28. The predicted octanol–water partition coefficient (Wildman–Crippen LogP) is 1.31.